The lowest BCUT2D eigenvalue weighted by Crippen LogP contribution is -2.47. The number of hydrogen-bond acceptors (Lipinski definition) is 3. The Morgan fingerprint density at radius 1 is 1.13 bits per heavy atom. The Balaban J connectivity index is 1.86. The van der Waals surface area contributed by atoms with Gasteiger partial charge < -0.3 is 4.74 Å². The molecular formula is C16H14BrFN2O3. The largest absolute Gasteiger partial charge is 0.481 e. The molecule has 0 radical (unpaired) electrons. The van der Waals surface area contributed by atoms with Crippen LogP contribution in [0.3, 0.4) is 0 Å². The van der Waals surface area contributed by atoms with Crippen LogP contribution in [-0.2, 0) is 4.79 Å². The molecule has 0 aliphatic rings. The van der Waals surface area contributed by atoms with Crippen LogP contribution in [0.25, 0.3) is 0 Å². The highest BCUT2D eigenvalue weighted by Crippen LogP contribution is 2.13. The van der Waals surface area contributed by atoms with Crippen LogP contribution < -0.4 is 15.6 Å². The predicted octanol–water partition coefficient (Wildman–Crippen LogP) is 2.82. The summed E-state index contributed by atoms with van der Waals surface area (Å²) in [6, 6.07) is 12.0. The molecule has 2 N–H and O–H groups in total. The van der Waals surface area contributed by atoms with E-state index in [-0.39, 0.29) is 0 Å². The zero-order valence-corrected chi connectivity index (χ0v) is 13.8. The van der Waals surface area contributed by atoms with Gasteiger partial charge in [0, 0.05) is 10.0 Å². The van der Waals surface area contributed by atoms with Crippen molar-refractivity contribution in [2.24, 2.45) is 0 Å². The highest BCUT2D eigenvalue weighted by Gasteiger charge is 2.16. The molecule has 0 spiro atoms. The van der Waals surface area contributed by atoms with Gasteiger partial charge in [0.05, 0.1) is 0 Å². The molecule has 0 fully saturated rings. The first-order valence-electron chi connectivity index (χ1n) is 6.73. The minimum Gasteiger partial charge on any atom is -0.481 e. The Hall–Kier alpha value is -2.41. The predicted molar refractivity (Wildman–Crippen MR) is 86.2 cm³/mol. The minimum atomic E-state index is -0.858. The standard InChI is InChI=1S/C16H14BrFN2O3/c1-10(23-14-7-5-13(18)6-8-14)15(21)19-20-16(22)11-3-2-4-12(17)9-11/h2-10H,1H3,(H,19,21)(H,20,22)/t10-/m0/s1. The maximum absolute atomic E-state index is 12.8. The molecular weight excluding hydrogens is 367 g/mol. The average molecular weight is 381 g/mol. The first kappa shape index (κ1) is 17.0. The topological polar surface area (TPSA) is 67.4 Å². The van der Waals surface area contributed by atoms with Crippen LogP contribution in [0, 0.1) is 5.82 Å². The zero-order chi connectivity index (χ0) is 16.8. The fourth-order valence-corrected chi connectivity index (χ4v) is 2.09. The van der Waals surface area contributed by atoms with Gasteiger partial charge in [0.25, 0.3) is 11.8 Å². The number of ether oxygens (including phenoxy) is 1. The van der Waals surface area contributed by atoms with Crippen LogP contribution in [0.4, 0.5) is 4.39 Å². The number of benzene rings is 2. The van der Waals surface area contributed by atoms with Gasteiger partial charge in [0.2, 0.25) is 0 Å². The first-order valence-corrected chi connectivity index (χ1v) is 7.53. The van der Waals surface area contributed by atoms with Crippen LogP contribution in [0.2, 0.25) is 0 Å². The van der Waals surface area contributed by atoms with E-state index in [1.807, 2.05) is 0 Å². The molecule has 2 amide bonds. The molecule has 23 heavy (non-hydrogen) atoms. The summed E-state index contributed by atoms with van der Waals surface area (Å²) >= 11 is 3.26. The van der Waals surface area contributed by atoms with Crippen molar-refractivity contribution in [1.82, 2.24) is 10.9 Å². The molecule has 1 atom stereocenters. The zero-order valence-electron chi connectivity index (χ0n) is 12.2. The number of amides is 2. The van der Waals surface area contributed by atoms with E-state index in [9.17, 15) is 14.0 Å². The molecule has 0 saturated carbocycles. The lowest BCUT2D eigenvalue weighted by atomic mass is 10.2. The van der Waals surface area contributed by atoms with Gasteiger partial charge >= 0.3 is 0 Å². The van der Waals surface area contributed by atoms with E-state index >= 15 is 0 Å². The smallest absolute Gasteiger partial charge is 0.279 e. The number of rotatable bonds is 4. The van der Waals surface area contributed by atoms with E-state index in [1.165, 1.54) is 31.2 Å². The molecule has 120 valence electrons. The third-order valence-corrected chi connectivity index (χ3v) is 3.38. The van der Waals surface area contributed by atoms with Crippen LogP contribution in [0.5, 0.6) is 5.75 Å². The van der Waals surface area contributed by atoms with Gasteiger partial charge in [-0.2, -0.15) is 0 Å². The van der Waals surface area contributed by atoms with Crippen LogP contribution in [0.15, 0.2) is 53.0 Å². The van der Waals surface area contributed by atoms with Crippen molar-refractivity contribution in [3.05, 3.63) is 64.4 Å². The summed E-state index contributed by atoms with van der Waals surface area (Å²) in [5, 5.41) is 0. The molecule has 2 aromatic carbocycles. The second kappa shape index (κ2) is 7.73. The molecule has 2 aromatic rings. The van der Waals surface area contributed by atoms with E-state index in [4.69, 9.17) is 4.74 Å². The highest BCUT2D eigenvalue weighted by molar-refractivity contribution is 9.10. The van der Waals surface area contributed by atoms with Crippen LogP contribution in [-0.4, -0.2) is 17.9 Å². The van der Waals surface area contributed by atoms with E-state index in [0.717, 1.165) is 4.47 Å². The third-order valence-electron chi connectivity index (χ3n) is 2.88. The summed E-state index contributed by atoms with van der Waals surface area (Å²) in [5.41, 5.74) is 4.98. The fraction of sp³-hybridized carbons (Fsp3) is 0.125. The minimum absolute atomic E-state index is 0.354. The third kappa shape index (κ3) is 5.07. The molecule has 0 aliphatic heterocycles. The molecule has 0 unspecified atom stereocenters. The van der Waals surface area contributed by atoms with Crippen molar-refractivity contribution in [2.75, 3.05) is 0 Å². The van der Waals surface area contributed by atoms with Gasteiger partial charge in [-0.25, -0.2) is 4.39 Å². The Kier molecular flexibility index (Phi) is 5.70. The highest BCUT2D eigenvalue weighted by atomic mass is 79.9. The summed E-state index contributed by atoms with van der Waals surface area (Å²) < 4.78 is 18.9. The summed E-state index contributed by atoms with van der Waals surface area (Å²) in [4.78, 5) is 23.8. The van der Waals surface area contributed by atoms with E-state index in [0.29, 0.717) is 11.3 Å². The number of carbonyl (C=O) groups is 2. The number of carbonyl (C=O) groups excluding carboxylic acids is 2. The SMILES string of the molecule is C[C@H](Oc1ccc(F)cc1)C(=O)NNC(=O)c1cccc(Br)c1. The molecule has 0 heterocycles. The van der Waals surface area contributed by atoms with Gasteiger partial charge in [0.15, 0.2) is 6.10 Å². The second-order valence-corrected chi connectivity index (χ2v) is 5.58. The maximum atomic E-state index is 12.8. The molecule has 0 saturated heterocycles. The maximum Gasteiger partial charge on any atom is 0.279 e. The summed E-state index contributed by atoms with van der Waals surface area (Å²) in [5.74, 6) is -1.02. The lowest BCUT2D eigenvalue weighted by Gasteiger charge is -2.15. The summed E-state index contributed by atoms with van der Waals surface area (Å²) in [6.07, 6.45) is -0.858. The van der Waals surface area contributed by atoms with Gasteiger partial charge in [-0.05, 0) is 49.4 Å². The fourth-order valence-electron chi connectivity index (χ4n) is 1.69. The summed E-state index contributed by atoms with van der Waals surface area (Å²) in [7, 11) is 0. The molecule has 0 bridgehead atoms. The van der Waals surface area contributed by atoms with E-state index in [1.54, 1.807) is 24.3 Å². The average Bonchev–Trinajstić information content (AvgIpc) is 2.54. The van der Waals surface area contributed by atoms with Crippen molar-refractivity contribution in [3.8, 4) is 5.75 Å². The van der Waals surface area contributed by atoms with Gasteiger partial charge in [-0.1, -0.05) is 22.0 Å². The second-order valence-electron chi connectivity index (χ2n) is 4.67. The quantitative estimate of drug-likeness (QED) is 0.801. The van der Waals surface area contributed by atoms with Crippen molar-refractivity contribution in [2.45, 2.75) is 13.0 Å². The molecule has 0 aliphatic carbocycles. The first-order chi connectivity index (χ1) is 11.0. The van der Waals surface area contributed by atoms with E-state index < -0.39 is 23.7 Å². The van der Waals surface area contributed by atoms with Crippen molar-refractivity contribution in [3.63, 3.8) is 0 Å². The molecule has 0 aromatic heterocycles. The van der Waals surface area contributed by atoms with Crippen molar-refractivity contribution < 1.29 is 18.7 Å². The van der Waals surface area contributed by atoms with Crippen molar-refractivity contribution >= 4 is 27.7 Å². The van der Waals surface area contributed by atoms with Gasteiger partial charge in [-0.15, -0.1) is 0 Å². The van der Waals surface area contributed by atoms with Crippen LogP contribution >= 0.6 is 15.9 Å². The summed E-state index contributed by atoms with van der Waals surface area (Å²) in [6.45, 7) is 1.52. The van der Waals surface area contributed by atoms with Gasteiger partial charge in [-0.3, -0.25) is 20.4 Å². The van der Waals surface area contributed by atoms with E-state index in [2.05, 4.69) is 26.8 Å². The molecule has 2 rings (SSSR count). The lowest BCUT2D eigenvalue weighted by molar-refractivity contribution is -0.128. The Labute approximate surface area is 140 Å². The molecule has 5 nitrogen and oxygen atoms in total. The van der Waals surface area contributed by atoms with Gasteiger partial charge in [0.1, 0.15) is 11.6 Å². The number of hydrogen-bond donors (Lipinski definition) is 2. The number of hydrazine groups is 1. The number of halogens is 2. The Morgan fingerprint density at radius 2 is 1.83 bits per heavy atom. The van der Waals surface area contributed by atoms with Crippen molar-refractivity contribution in [1.29, 1.82) is 0 Å². The normalized spacial score (nSPS) is 11.4. The number of nitrogens with one attached hydrogen (secondary N) is 2. The Bertz CT molecular complexity index is 707. The van der Waals surface area contributed by atoms with Crippen LogP contribution in [0.1, 0.15) is 17.3 Å². The molecule has 7 heteroatoms. The Morgan fingerprint density at radius 3 is 2.48 bits per heavy atom. The monoisotopic (exact) mass is 380 g/mol.